The normalized spacial score (nSPS) is 14.4. The van der Waals surface area contributed by atoms with Gasteiger partial charge in [0.25, 0.3) is 5.56 Å². The summed E-state index contributed by atoms with van der Waals surface area (Å²) in [5, 5.41) is 9.46. The van der Waals surface area contributed by atoms with Crippen LogP contribution in [0.2, 0.25) is 0 Å². The van der Waals surface area contributed by atoms with E-state index < -0.39 is 18.0 Å². The van der Waals surface area contributed by atoms with Crippen LogP contribution in [0, 0.1) is 6.92 Å². The van der Waals surface area contributed by atoms with Gasteiger partial charge in [0.1, 0.15) is 11.5 Å². The first-order valence-electron chi connectivity index (χ1n) is 14.7. The lowest BCUT2D eigenvalue weighted by Crippen LogP contribution is -2.40. The van der Waals surface area contributed by atoms with Gasteiger partial charge in [-0.25, -0.2) is 14.6 Å². The first kappa shape index (κ1) is 31.3. The number of ether oxygens (including phenoxy) is 3. The van der Waals surface area contributed by atoms with E-state index in [1.54, 1.807) is 55.5 Å². The number of benzene rings is 3. The van der Waals surface area contributed by atoms with Crippen molar-refractivity contribution in [3.8, 4) is 22.8 Å². The smallest absolute Gasteiger partial charge is 0.338 e. The molecule has 5 aromatic rings. The molecule has 0 unspecified atom stereocenters. The summed E-state index contributed by atoms with van der Waals surface area (Å²) in [4.78, 5) is 44.8. The summed E-state index contributed by atoms with van der Waals surface area (Å²) in [5.74, 6) is 0.133. The highest BCUT2D eigenvalue weighted by molar-refractivity contribution is 7.07. The van der Waals surface area contributed by atoms with Crippen molar-refractivity contribution in [1.29, 1.82) is 0 Å². The van der Waals surface area contributed by atoms with Gasteiger partial charge in [0, 0.05) is 17.2 Å². The fraction of sp³-hybridized carbons (Fsp3) is 0.167. The lowest BCUT2D eigenvalue weighted by atomic mass is 9.93. The molecule has 6 rings (SSSR count). The second-order valence-corrected chi connectivity index (χ2v) is 11.6. The van der Waals surface area contributed by atoms with Gasteiger partial charge in [-0.2, -0.15) is 0 Å². The summed E-state index contributed by atoms with van der Waals surface area (Å²) >= 11 is 1.16. The van der Waals surface area contributed by atoms with Crippen LogP contribution in [-0.2, 0) is 9.53 Å². The van der Waals surface area contributed by atoms with Gasteiger partial charge in [0.2, 0.25) is 0 Å². The molecule has 0 saturated carbocycles. The highest BCUT2D eigenvalue weighted by Crippen LogP contribution is 2.38. The zero-order chi connectivity index (χ0) is 33.2. The Morgan fingerprint density at radius 2 is 1.77 bits per heavy atom. The number of carbonyl (C=O) groups is 2. The van der Waals surface area contributed by atoms with Crippen LogP contribution in [0.4, 0.5) is 0 Å². The van der Waals surface area contributed by atoms with Crippen LogP contribution in [0.5, 0.6) is 11.5 Å². The number of aromatic nitrogens is 1. The highest BCUT2D eigenvalue weighted by Gasteiger charge is 2.35. The summed E-state index contributed by atoms with van der Waals surface area (Å²) in [7, 11) is 3.05. The lowest BCUT2D eigenvalue weighted by Gasteiger charge is -2.26. The first-order valence-corrected chi connectivity index (χ1v) is 15.5. The minimum absolute atomic E-state index is 0.128. The Kier molecular flexibility index (Phi) is 8.64. The maximum atomic E-state index is 14.2. The summed E-state index contributed by atoms with van der Waals surface area (Å²) in [6, 6.07) is 21.9. The molecule has 2 aromatic heterocycles. The van der Waals surface area contributed by atoms with Crippen LogP contribution in [0.3, 0.4) is 0 Å². The van der Waals surface area contributed by atoms with E-state index in [0.717, 1.165) is 16.9 Å². The summed E-state index contributed by atoms with van der Waals surface area (Å²) in [6.07, 6.45) is 1.62. The molecular formula is C36H30N2O8S. The third kappa shape index (κ3) is 5.88. The standard InChI is InChI=1S/C36H30N2O8S/c1-5-45-35(42)30-31(21-9-7-6-8-10-21)37-36-38(32(30)22-13-15-27(43-3)28(18-22)44-4)33(39)29(47-36)19-24-14-16-26(46-24)25-17-23(34(40)41)12-11-20(25)2/h6-19,32H,5H2,1-4H3,(H,40,41)/b29-19-/t32-/m0/s1. The van der Waals surface area contributed by atoms with Crippen LogP contribution < -0.4 is 24.4 Å². The lowest BCUT2D eigenvalue weighted by molar-refractivity contribution is -0.138. The van der Waals surface area contributed by atoms with Gasteiger partial charge in [-0.1, -0.05) is 53.8 Å². The number of nitrogens with zero attached hydrogens (tertiary/aromatic N) is 2. The number of esters is 1. The molecule has 10 nitrogen and oxygen atoms in total. The van der Waals surface area contributed by atoms with E-state index in [1.807, 2.05) is 37.3 Å². The van der Waals surface area contributed by atoms with Gasteiger partial charge >= 0.3 is 11.9 Å². The molecule has 0 saturated heterocycles. The van der Waals surface area contributed by atoms with E-state index in [0.29, 0.717) is 54.7 Å². The fourth-order valence-electron chi connectivity index (χ4n) is 5.50. The Morgan fingerprint density at radius 3 is 2.47 bits per heavy atom. The molecule has 0 radical (unpaired) electrons. The van der Waals surface area contributed by atoms with E-state index in [1.165, 1.54) is 24.9 Å². The minimum atomic E-state index is -1.04. The van der Waals surface area contributed by atoms with Crippen molar-refractivity contribution in [2.24, 2.45) is 4.99 Å². The molecule has 3 heterocycles. The Morgan fingerprint density at radius 1 is 1.00 bits per heavy atom. The molecule has 47 heavy (non-hydrogen) atoms. The van der Waals surface area contributed by atoms with Crippen LogP contribution in [0.15, 0.2) is 98.6 Å². The number of thiazole rings is 1. The number of carboxylic acid groups (broad SMARTS) is 1. The van der Waals surface area contributed by atoms with Crippen molar-refractivity contribution in [3.05, 3.63) is 132 Å². The number of aryl methyl sites for hydroxylation is 1. The largest absolute Gasteiger partial charge is 0.493 e. The van der Waals surface area contributed by atoms with E-state index in [2.05, 4.69) is 0 Å². The first-order chi connectivity index (χ1) is 22.7. The summed E-state index contributed by atoms with van der Waals surface area (Å²) < 4.78 is 24.5. The quantitative estimate of drug-likeness (QED) is 0.215. The highest BCUT2D eigenvalue weighted by atomic mass is 32.1. The van der Waals surface area contributed by atoms with Gasteiger partial charge in [0.15, 0.2) is 16.3 Å². The Bertz CT molecular complexity index is 2230. The third-order valence-electron chi connectivity index (χ3n) is 7.75. The maximum Gasteiger partial charge on any atom is 0.338 e. The molecule has 1 aliphatic rings. The van der Waals surface area contributed by atoms with E-state index in [9.17, 15) is 19.5 Å². The predicted molar refractivity (Wildman–Crippen MR) is 176 cm³/mol. The number of rotatable bonds is 9. The zero-order valence-electron chi connectivity index (χ0n) is 26.0. The number of furan rings is 1. The molecule has 0 fully saturated rings. The second kappa shape index (κ2) is 13.0. The molecule has 1 aliphatic heterocycles. The third-order valence-corrected chi connectivity index (χ3v) is 8.73. The van der Waals surface area contributed by atoms with Gasteiger partial charge in [-0.05, 0) is 61.4 Å². The summed E-state index contributed by atoms with van der Waals surface area (Å²) in [5.41, 5.74) is 3.10. The fourth-order valence-corrected chi connectivity index (χ4v) is 6.48. The molecule has 3 aromatic carbocycles. The Hall–Kier alpha value is -5.68. The number of carboxylic acids is 1. The van der Waals surface area contributed by atoms with E-state index >= 15 is 0 Å². The average molecular weight is 651 g/mol. The predicted octanol–water partition coefficient (Wildman–Crippen LogP) is 5.22. The average Bonchev–Trinajstić information content (AvgIpc) is 3.67. The van der Waals surface area contributed by atoms with Crippen molar-refractivity contribution in [2.45, 2.75) is 19.9 Å². The molecule has 0 spiro atoms. The number of carbonyl (C=O) groups excluding carboxylic acids is 1. The molecular weight excluding hydrogens is 620 g/mol. The van der Waals surface area contributed by atoms with Crippen LogP contribution in [-0.4, -0.2) is 42.4 Å². The van der Waals surface area contributed by atoms with E-state index in [-0.39, 0.29) is 23.3 Å². The zero-order valence-corrected chi connectivity index (χ0v) is 26.8. The van der Waals surface area contributed by atoms with Crippen LogP contribution in [0.25, 0.3) is 23.1 Å². The number of methoxy groups -OCH3 is 2. The molecule has 11 heteroatoms. The molecule has 1 atom stereocenters. The molecule has 0 amide bonds. The van der Waals surface area contributed by atoms with Crippen molar-refractivity contribution < 1.29 is 33.3 Å². The van der Waals surface area contributed by atoms with Crippen LogP contribution >= 0.6 is 11.3 Å². The maximum absolute atomic E-state index is 14.2. The summed E-state index contributed by atoms with van der Waals surface area (Å²) in [6.45, 7) is 3.71. The van der Waals surface area contributed by atoms with Crippen molar-refractivity contribution in [2.75, 3.05) is 20.8 Å². The molecule has 238 valence electrons. The Labute approximate surface area is 273 Å². The number of aromatic carboxylic acids is 1. The molecule has 0 bridgehead atoms. The second-order valence-electron chi connectivity index (χ2n) is 10.6. The number of fused-ring (bicyclic) bond motifs is 1. The SMILES string of the molecule is CCOC(=O)C1=C(c2ccccc2)N=c2s/c(=C\c3ccc(-c4cc(C(=O)O)ccc4C)o3)c(=O)n2[C@H]1c1ccc(OC)c(OC)c1. The number of hydrogen-bond acceptors (Lipinski definition) is 9. The van der Waals surface area contributed by atoms with E-state index in [4.69, 9.17) is 23.6 Å². The van der Waals surface area contributed by atoms with Crippen molar-refractivity contribution >= 4 is 35.0 Å². The number of hydrogen-bond donors (Lipinski definition) is 1. The van der Waals surface area contributed by atoms with Crippen molar-refractivity contribution in [1.82, 2.24) is 4.57 Å². The monoisotopic (exact) mass is 650 g/mol. The molecule has 0 aliphatic carbocycles. The van der Waals surface area contributed by atoms with Crippen molar-refractivity contribution in [3.63, 3.8) is 0 Å². The minimum Gasteiger partial charge on any atom is -0.493 e. The van der Waals surface area contributed by atoms with Gasteiger partial charge in [0.05, 0.1) is 48.2 Å². The molecule has 1 N–H and O–H groups in total. The van der Waals surface area contributed by atoms with Gasteiger partial charge in [-0.3, -0.25) is 9.36 Å². The topological polar surface area (TPSA) is 130 Å². The van der Waals surface area contributed by atoms with Gasteiger partial charge in [-0.15, -0.1) is 0 Å². The Balaban J connectivity index is 1.57. The van der Waals surface area contributed by atoms with Gasteiger partial charge < -0.3 is 23.7 Å². The van der Waals surface area contributed by atoms with Crippen LogP contribution in [0.1, 0.15) is 45.8 Å².